The van der Waals surface area contributed by atoms with E-state index in [-0.39, 0.29) is 17.1 Å². The zero-order valence-electron chi connectivity index (χ0n) is 10.1. The molecule has 14 heavy (non-hydrogen) atoms. The van der Waals surface area contributed by atoms with Crippen LogP contribution in [0, 0.1) is 0 Å². The van der Waals surface area contributed by atoms with E-state index in [4.69, 9.17) is 9.47 Å². The number of rotatable bonds is 7. The van der Waals surface area contributed by atoms with Crippen molar-refractivity contribution in [1.29, 1.82) is 0 Å². The number of nitrogens with one attached hydrogen (secondary N) is 1. The Labute approximate surface area is 91.9 Å². The lowest BCUT2D eigenvalue weighted by molar-refractivity contribution is -0.119. The van der Waals surface area contributed by atoms with Crippen LogP contribution in [-0.2, 0) is 9.47 Å². The Morgan fingerprint density at radius 3 is 2.14 bits per heavy atom. The molecule has 86 valence electrons. The largest absolute Gasteiger partial charge is 0.354 e. The van der Waals surface area contributed by atoms with Crippen LogP contribution < -0.4 is 5.32 Å². The van der Waals surface area contributed by atoms with E-state index in [1.807, 2.05) is 11.8 Å². The average Bonchev–Trinajstić information content (AvgIpc) is 2.17. The standard InChI is InChI=1S/C10H23NO2S/c1-8(9(12-4)13-5)11-7-10(2,3)14-6/h8-9,11H,7H2,1-6H3. The molecule has 0 saturated heterocycles. The molecule has 0 aromatic carbocycles. The molecule has 0 amide bonds. The lowest BCUT2D eigenvalue weighted by atomic mass is 10.2. The summed E-state index contributed by atoms with van der Waals surface area (Å²) in [6, 6.07) is 0.205. The number of hydrogen-bond donors (Lipinski definition) is 1. The van der Waals surface area contributed by atoms with Gasteiger partial charge in [0, 0.05) is 25.5 Å². The fourth-order valence-corrected chi connectivity index (χ4v) is 1.31. The van der Waals surface area contributed by atoms with Gasteiger partial charge >= 0.3 is 0 Å². The summed E-state index contributed by atoms with van der Waals surface area (Å²) in [5.41, 5.74) is 0. The molecule has 0 bridgehead atoms. The van der Waals surface area contributed by atoms with Gasteiger partial charge in [0.15, 0.2) is 6.29 Å². The fourth-order valence-electron chi connectivity index (χ4n) is 1.08. The molecule has 0 fully saturated rings. The van der Waals surface area contributed by atoms with Gasteiger partial charge in [0.2, 0.25) is 0 Å². The van der Waals surface area contributed by atoms with Crippen molar-refractivity contribution < 1.29 is 9.47 Å². The zero-order valence-corrected chi connectivity index (χ0v) is 10.9. The summed E-state index contributed by atoms with van der Waals surface area (Å²) in [6.45, 7) is 7.44. The van der Waals surface area contributed by atoms with E-state index in [2.05, 4.69) is 32.3 Å². The lowest BCUT2D eigenvalue weighted by Crippen LogP contribution is -2.44. The zero-order chi connectivity index (χ0) is 11.2. The van der Waals surface area contributed by atoms with Gasteiger partial charge in [0.05, 0.1) is 6.04 Å². The fraction of sp³-hybridized carbons (Fsp3) is 1.00. The summed E-state index contributed by atoms with van der Waals surface area (Å²) >= 11 is 1.85. The highest BCUT2D eigenvalue weighted by Gasteiger charge is 2.20. The Kier molecular flexibility index (Phi) is 6.78. The minimum atomic E-state index is -0.173. The van der Waals surface area contributed by atoms with Gasteiger partial charge in [-0.05, 0) is 27.0 Å². The van der Waals surface area contributed by atoms with E-state index in [0.29, 0.717) is 0 Å². The predicted octanol–water partition coefficient (Wildman–Crippen LogP) is 1.73. The smallest absolute Gasteiger partial charge is 0.171 e. The van der Waals surface area contributed by atoms with Crippen LogP contribution in [0.3, 0.4) is 0 Å². The first kappa shape index (κ1) is 14.2. The van der Waals surface area contributed by atoms with Crippen LogP contribution >= 0.6 is 11.8 Å². The van der Waals surface area contributed by atoms with Gasteiger partial charge < -0.3 is 14.8 Å². The lowest BCUT2D eigenvalue weighted by Gasteiger charge is -2.28. The molecule has 0 rings (SSSR count). The van der Waals surface area contributed by atoms with Crippen LogP contribution in [0.4, 0.5) is 0 Å². The van der Waals surface area contributed by atoms with E-state index in [1.165, 1.54) is 0 Å². The molecule has 0 radical (unpaired) electrons. The first-order valence-corrected chi connectivity index (χ1v) is 6.03. The Morgan fingerprint density at radius 1 is 1.29 bits per heavy atom. The van der Waals surface area contributed by atoms with Crippen molar-refractivity contribution in [2.45, 2.75) is 37.9 Å². The van der Waals surface area contributed by atoms with Crippen molar-refractivity contribution in [3.63, 3.8) is 0 Å². The van der Waals surface area contributed by atoms with Gasteiger partial charge in [0.25, 0.3) is 0 Å². The third kappa shape index (κ3) is 5.20. The summed E-state index contributed by atoms with van der Waals surface area (Å²) < 4.78 is 10.6. The van der Waals surface area contributed by atoms with Crippen molar-refractivity contribution in [2.75, 3.05) is 27.0 Å². The van der Waals surface area contributed by atoms with Crippen molar-refractivity contribution in [3.8, 4) is 0 Å². The molecule has 0 aromatic heterocycles. The van der Waals surface area contributed by atoms with Gasteiger partial charge in [-0.3, -0.25) is 0 Å². The Balaban J connectivity index is 3.88. The quantitative estimate of drug-likeness (QED) is 0.663. The predicted molar refractivity (Wildman–Crippen MR) is 62.9 cm³/mol. The van der Waals surface area contributed by atoms with Gasteiger partial charge in [-0.15, -0.1) is 0 Å². The maximum absolute atomic E-state index is 5.17. The van der Waals surface area contributed by atoms with Gasteiger partial charge in [-0.2, -0.15) is 11.8 Å². The third-order valence-electron chi connectivity index (χ3n) is 2.28. The van der Waals surface area contributed by atoms with Crippen LogP contribution in [0.5, 0.6) is 0 Å². The van der Waals surface area contributed by atoms with Crippen LogP contribution in [-0.4, -0.2) is 44.1 Å². The van der Waals surface area contributed by atoms with Gasteiger partial charge in [0.1, 0.15) is 0 Å². The molecule has 0 aromatic rings. The number of hydrogen-bond acceptors (Lipinski definition) is 4. The number of thioether (sulfide) groups is 1. The molecule has 1 atom stereocenters. The van der Waals surface area contributed by atoms with Crippen LogP contribution in [0.25, 0.3) is 0 Å². The van der Waals surface area contributed by atoms with Crippen LogP contribution in [0.2, 0.25) is 0 Å². The Morgan fingerprint density at radius 2 is 1.79 bits per heavy atom. The number of ether oxygens (including phenoxy) is 2. The molecule has 3 nitrogen and oxygen atoms in total. The molecule has 4 heteroatoms. The molecular formula is C10H23NO2S. The highest BCUT2D eigenvalue weighted by Crippen LogP contribution is 2.19. The molecular weight excluding hydrogens is 198 g/mol. The first-order valence-electron chi connectivity index (χ1n) is 4.81. The maximum atomic E-state index is 5.17. The van der Waals surface area contributed by atoms with E-state index in [9.17, 15) is 0 Å². The summed E-state index contributed by atoms with van der Waals surface area (Å²) in [5.74, 6) is 0. The second-order valence-electron chi connectivity index (χ2n) is 3.97. The minimum Gasteiger partial charge on any atom is -0.354 e. The Hall–Kier alpha value is 0.230. The van der Waals surface area contributed by atoms with E-state index >= 15 is 0 Å². The normalized spacial score (nSPS) is 14.8. The molecule has 1 unspecified atom stereocenters. The second kappa shape index (κ2) is 6.67. The SMILES string of the molecule is COC(OC)C(C)NCC(C)(C)SC. The molecule has 0 aliphatic rings. The van der Waals surface area contributed by atoms with Crippen molar-refractivity contribution in [3.05, 3.63) is 0 Å². The first-order chi connectivity index (χ1) is 6.46. The van der Waals surface area contributed by atoms with Crippen LogP contribution in [0.15, 0.2) is 0 Å². The molecule has 0 aliphatic carbocycles. The summed E-state index contributed by atoms with van der Waals surface area (Å²) in [6.07, 6.45) is 1.95. The maximum Gasteiger partial charge on any atom is 0.171 e. The second-order valence-corrected chi connectivity index (χ2v) is 5.49. The summed E-state index contributed by atoms with van der Waals surface area (Å²) in [5, 5.41) is 3.40. The topological polar surface area (TPSA) is 30.5 Å². The van der Waals surface area contributed by atoms with Gasteiger partial charge in [-0.1, -0.05) is 0 Å². The molecule has 0 saturated carbocycles. The third-order valence-corrected chi connectivity index (χ3v) is 3.52. The van der Waals surface area contributed by atoms with E-state index in [1.54, 1.807) is 14.2 Å². The van der Waals surface area contributed by atoms with E-state index < -0.39 is 0 Å². The van der Waals surface area contributed by atoms with Crippen molar-refractivity contribution >= 4 is 11.8 Å². The van der Waals surface area contributed by atoms with Crippen molar-refractivity contribution in [2.24, 2.45) is 0 Å². The molecule has 1 N–H and O–H groups in total. The highest BCUT2D eigenvalue weighted by molar-refractivity contribution is 7.99. The summed E-state index contributed by atoms with van der Waals surface area (Å²) in [7, 11) is 3.32. The van der Waals surface area contributed by atoms with Crippen LogP contribution in [0.1, 0.15) is 20.8 Å². The molecule has 0 spiro atoms. The average molecular weight is 221 g/mol. The van der Waals surface area contributed by atoms with E-state index in [0.717, 1.165) is 6.54 Å². The van der Waals surface area contributed by atoms with Crippen molar-refractivity contribution in [1.82, 2.24) is 5.32 Å². The molecule has 0 heterocycles. The van der Waals surface area contributed by atoms with Gasteiger partial charge in [-0.25, -0.2) is 0 Å². The number of methoxy groups -OCH3 is 2. The molecule has 0 aliphatic heterocycles. The minimum absolute atomic E-state index is 0.173. The monoisotopic (exact) mass is 221 g/mol. The Bertz CT molecular complexity index is 149. The summed E-state index contributed by atoms with van der Waals surface area (Å²) in [4.78, 5) is 0. The highest BCUT2D eigenvalue weighted by atomic mass is 32.2.